The van der Waals surface area contributed by atoms with Crippen LogP contribution in [-0.2, 0) is 4.74 Å². The summed E-state index contributed by atoms with van der Waals surface area (Å²) in [6, 6.07) is 0. The van der Waals surface area contributed by atoms with E-state index in [1.807, 2.05) is 0 Å². The Hall–Kier alpha value is -0.770. The van der Waals surface area contributed by atoms with Gasteiger partial charge in [-0.2, -0.15) is 0 Å². The van der Waals surface area contributed by atoms with Gasteiger partial charge >= 0.3 is 6.09 Å². The van der Waals surface area contributed by atoms with Crippen LogP contribution in [0.15, 0.2) is 0 Å². The van der Waals surface area contributed by atoms with Gasteiger partial charge in [-0.1, -0.05) is 0 Å². The molecule has 0 radical (unpaired) electrons. The molecule has 0 rings (SSSR count). The minimum Gasteiger partial charge on any atom is -0.453 e. The average molecular weight is 133 g/mol. The molecule has 0 heterocycles. The Balaban J connectivity index is 3.17. The van der Waals surface area contributed by atoms with Crippen molar-refractivity contribution in [1.29, 1.82) is 0 Å². The Kier molecular flexibility index (Phi) is 3.79. The fourth-order valence-corrected chi connectivity index (χ4v) is 0.303. The first-order chi connectivity index (χ1) is 4.16. The predicted octanol–water partition coefficient (Wildman–Crippen LogP) is -0.277. The maximum Gasteiger partial charge on any atom is 0.406 e. The number of carbonyl (C=O) groups excluding carboxylic acids is 1. The zero-order chi connectivity index (χ0) is 7.28. The highest BCUT2D eigenvalue weighted by Gasteiger charge is 1.98. The van der Waals surface area contributed by atoms with E-state index in [1.165, 1.54) is 7.11 Å². The Labute approximate surface area is 53.8 Å². The fourth-order valence-electron chi connectivity index (χ4n) is 0.303. The predicted molar refractivity (Wildman–Crippen MR) is 32.1 cm³/mol. The second kappa shape index (κ2) is 4.14. The van der Waals surface area contributed by atoms with Gasteiger partial charge in [0.15, 0.2) is 0 Å². The summed E-state index contributed by atoms with van der Waals surface area (Å²) in [5, 5.41) is 10.9. The van der Waals surface area contributed by atoms with E-state index < -0.39 is 12.2 Å². The molecule has 0 aromatic carbocycles. The van der Waals surface area contributed by atoms with Gasteiger partial charge in [-0.05, 0) is 6.92 Å². The van der Waals surface area contributed by atoms with Crippen LogP contribution in [-0.4, -0.2) is 31.0 Å². The fraction of sp³-hybridized carbons (Fsp3) is 0.800. The number of rotatable bonds is 2. The van der Waals surface area contributed by atoms with E-state index in [2.05, 4.69) is 10.1 Å². The lowest BCUT2D eigenvalue weighted by Gasteiger charge is -2.03. The summed E-state index contributed by atoms with van der Waals surface area (Å²) in [4.78, 5) is 10.3. The van der Waals surface area contributed by atoms with Gasteiger partial charge in [0.1, 0.15) is 0 Å². The van der Waals surface area contributed by atoms with Crippen LogP contribution in [0, 0.1) is 0 Å². The van der Waals surface area contributed by atoms with Crippen LogP contribution in [0.3, 0.4) is 0 Å². The molecule has 4 nitrogen and oxygen atoms in total. The van der Waals surface area contributed by atoms with Crippen LogP contribution in [0.25, 0.3) is 0 Å². The third-order valence-corrected chi connectivity index (χ3v) is 0.727. The maximum atomic E-state index is 10.3. The molecular weight excluding hydrogens is 122 g/mol. The topological polar surface area (TPSA) is 58.6 Å². The van der Waals surface area contributed by atoms with E-state index in [0.717, 1.165) is 0 Å². The Morgan fingerprint density at radius 1 is 1.89 bits per heavy atom. The van der Waals surface area contributed by atoms with Crippen LogP contribution in [0.2, 0.25) is 0 Å². The normalized spacial score (nSPS) is 12.3. The molecule has 0 spiro atoms. The van der Waals surface area contributed by atoms with Gasteiger partial charge < -0.3 is 15.2 Å². The largest absolute Gasteiger partial charge is 0.453 e. The molecule has 0 fully saturated rings. The third-order valence-electron chi connectivity index (χ3n) is 0.727. The van der Waals surface area contributed by atoms with E-state index >= 15 is 0 Å². The van der Waals surface area contributed by atoms with Gasteiger partial charge in [-0.25, -0.2) is 4.79 Å². The minimum atomic E-state index is -0.524. The summed E-state index contributed by atoms with van der Waals surface area (Å²) < 4.78 is 4.24. The molecule has 0 aromatic heterocycles. The van der Waals surface area contributed by atoms with E-state index in [0.29, 0.717) is 0 Å². The number of hydrogen-bond donors (Lipinski definition) is 2. The number of nitrogens with one attached hydrogen (secondary N) is 1. The first-order valence-electron chi connectivity index (χ1n) is 2.66. The SMILES string of the molecule is COC(=O)NC[C@@H](C)O. The van der Waals surface area contributed by atoms with Crippen molar-refractivity contribution >= 4 is 6.09 Å². The highest BCUT2D eigenvalue weighted by Crippen LogP contribution is 1.75. The minimum absolute atomic E-state index is 0.229. The molecule has 0 saturated heterocycles. The molecule has 1 atom stereocenters. The highest BCUT2D eigenvalue weighted by molar-refractivity contribution is 5.66. The number of aliphatic hydroxyl groups is 1. The molecule has 2 N–H and O–H groups in total. The monoisotopic (exact) mass is 133 g/mol. The smallest absolute Gasteiger partial charge is 0.406 e. The number of amides is 1. The lowest BCUT2D eigenvalue weighted by molar-refractivity contribution is 0.153. The van der Waals surface area contributed by atoms with Gasteiger partial charge in [0.2, 0.25) is 0 Å². The van der Waals surface area contributed by atoms with Crippen molar-refractivity contribution in [3.8, 4) is 0 Å². The first-order valence-corrected chi connectivity index (χ1v) is 2.66. The van der Waals surface area contributed by atoms with Crippen molar-refractivity contribution in [2.45, 2.75) is 13.0 Å². The van der Waals surface area contributed by atoms with Crippen LogP contribution < -0.4 is 5.32 Å². The van der Waals surface area contributed by atoms with Crippen LogP contribution in [0.4, 0.5) is 4.79 Å². The van der Waals surface area contributed by atoms with Gasteiger partial charge in [0.05, 0.1) is 13.2 Å². The van der Waals surface area contributed by atoms with Crippen molar-refractivity contribution in [2.24, 2.45) is 0 Å². The summed E-state index contributed by atoms with van der Waals surface area (Å²) >= 11 is 0. The molecule has 4 heteroatoms. The van der Waals surface area contributed by atoms with Crippen LogP contribution >= 0.6 is 0 Å². The summed E-state index contributed by atoms with van der Waals surface area (Å²) in [6.07, 6.45) is -1.04. The van der Waals surface area contributed by atoms with Gasteiger partial charge in [0, 0.05) is 6.54 Å². The molecule has 54 valence electrons. The molecular formula is C5H11NO3. The number of hydrogen-bond acceptors (Lipinski definition) is 3. The number of ether oxygens (including phenoxy) is 1. The van der Waals surface area contributed by atoms with Crippen molar-refractivity contribution in [2.75, 3.05) is 13.7 Å². The van der Waals surface area contributed by atoms with E-state index in [9.17, 15) is 4.79 Å². The quantitative estimate of drug-likeness (QED) is 0.544. The number of carbonyl (C=O) groups is 1. The second-order valence-corrected chi connectivity index (χ2v) is 1.72. The molecule has 1 amide bonds. The summed E-state index contributed by atoms with van der Waals surface area (Å²) in [5.74, 6) is 0. The summed E-state index contributed by atoms with van der Waals surface area (Å²) in [5.41, 5.74) is 0. The third kappa shape index (κ3) is 5.10. The number of aliphatic hydroxyl groups excluding tert-OH is 1. The van der Waals surface area contributed by atoms with Crippen LogP contribution in [0.1, 0.15) is 6.92 Å². The average Bonchev–Trinajstić information content (AvgIpc) is 1.83. The lowest BCUT2D eigenvalue weighted by atomic mass is 10.4. The zero-order valence-corrected chi connectivity index (χ0v) is 5.55. The molecule has 0 saturated carbocycles. The van der Waals surface area contributed by atoms with E-state index in [1.54, 1.807) is 6.92 Å². The number of methoxy groups -OCH3 is 1. The summed E-state index contributed by atoms with van der Waals surface area (Å²) in [7, 11) is 1.28. The molecule has 0 aromatic rings. The molecule has 0 aliphatic heterocycles. The van der Waals surface area contributed by atoms with Crippen LogP contribution in [0.5, 0.6) is 0 Å². The molecule has 0 bridgehead atoms. The maximum absolute atomic E-state index is 10.3. The van der Waals surface area contributed by atoms with Gasteiger partial charge in [-0.15, -0.1) is 0 Å². The Morgan fingerprint density at radius 3 is 2.78 bits per heavy atom. The van der Waals surface area contributed by atoms with E-state index in [-0.39, 0.29) is 6.54 Å². The van der Waals surface area contributed by atoms with Gasteiger partial charge in [-0.3, -0.25) is 0 Å². The zero-order valence-electron chi connectivity index (χ0n) is 5.55. The Bertz CT molecular complexity index is 92.2. The first kappa shape index (κ1) is 8.23. The molecule has 0 aliphatic carbocycles. The number of alkyl carbamates (subject to hydrolysis) is 1. The molecule has 0 unspecified atom stereocenters. The summed E-state index contributed by atoms with van der Waals surface area (Å²) in [6.45, 7) is 1.81. The molecule has 0 aliphatic rings. The van der Waals surface area contributed by atoms with Crippen molar-refractivity contribution in [3.05, 3.63) is 0 Å². The van der Waals surface area contributed by atoms with Crippen molar-refractivity contribution < 1.29 is 14.6 Å². The van der Waals surface area contributed by atoms with Crippen molar-refractivity contribution in [3.63, 3.8) is 0 Å². The van der Waals surface area contributed by atoms with Crippen molar-refractivity contribution in [1.82, 2.24) is 5.32 Å². The van der Waals surface area contributed by atoms with Gasteiger partial charge in [0.25, 0.3) is 0 Å². The molecule has 9 heavy (non-hydrogen) atoms. The second-order valence-electron chi connectivity index (χ2n) is 1.72. The standard InChI is InChI=1S/C5H11NO3/c1-4(7)3-6-5(8)9-2/h4,7H,3H2,1-2H3,(H,6,8)/t4-/m1/s1. The van der Waals surface area contributed by atoms with E-state index in [4.69, 9.17) is 5.11 Å². The Morgan fingerprint density at radius 2 is 2.44 bits per heavy atom. The lowest BCUT2D eigenvalue weighted by Crippen LogP contribution is -2.30. The highest BCUT2D eigenvalue weighted by atomic mass is 16.5.